The van der Waals surface area contributed by atoms with Gasteiger partial charge in [0.25, 0.3) is 0 Å². The molecule has 16 heavy (non-hydrogen) atoms. The maximum absolute atomic E-state index is 11.9. The summed E-state index contributed by atoms with van der Waals surface area (Å²) in [5, 5.41) is 3.12. The lowest BCUT2D eigenvalue weighted by molar-refractivity contribution is -0.158. The summed E-state index contributed by atoms with van der Waals surface area (Å²) in [6.07, 6.45) is 2.51. The summed E-state index contributed by atoms with van der Waals surface area (Å²) in [7, 11) is 0. The van der Waals surface area contributed by atoms with Crippen molar-refractivity contribution in [3.05, 3.63) is 23.7 Å². The normalized spacial score (nSPS) is 20.3. The molecule has 0 bridgehead atoms. The van der Waals surface area contributed by atoms with Crippen molar-refractivity contribution in [1.82, 2.24) is 5.32 Å². The highest BCUT2D eigenvalue weighted by Gasteiger charge is 2.32. The summed E-state index contributed by atoms with van der Waals surface area (Å²) in [5.74, 6) is 0.420. The van der Waals surface area contributed by atoms with E-state index in [-0.39, 0.29) is 5.97 Å². The fourth-order valence-corrected chi connectivity index (χ4v) is 1.80. The van der Waals surface area contributed by atoms with Gasteiger partial charge in [0.2, 0.25) is 0 Å². The van der Waals surface area contributed by atoms with Gasteiger partial charge in [-0.05, 0) is 38.8 Å². The van der Waals surface area contributed by atoms with Gasteiger partial charge < -0.3 is 9.15 Å². The van der Waals surface area contributed by atoms with Crippen LogP contribution in [0.15, 0.2) is 16.7 Å². The van der Waals surface area contributed by atoms with Gasteiger partial charge >= 0.3 is 5.97 Å². The number of hydrogen-bond acceptors (Lipinski definition) is 4. The molecule has 88 valence electrons. The Morgan fingerprint density at radius 3 is 3.00 bits per heavy atom. The summed E-state index contributed by atoms with van der Waals surface area (Å²) < 4.78 is 10.7. The number of ether oxygens (including phenoxy) is 1. The van der Waals surface area contributed by atoms with Crippen LogP contribution in [-0.4, -0.2) is 18.1 Å². The highest BCUT2D eigenvalue weighted by atomic mass is 16.6. The van der Waals surface area contributed by atoms with E-state index in [1.165, 1.54) is 0 Å². The summed E-state index contributed by atoms with van der Waals surface area (Å²) >= 11 is 0. The number of rotatable bonds is 1. The van der Waals surface area contributed by atoms with Gasteiger partial charge in [-0.3, -0.25) is 5.32 Å². The number of furan rings is 1. The Balaban J connectivity index is 2.15. The first-order valence-corrected chi connectivity index (χ1v) is 5.50. The maximum Gasteiger partial charge on any atom is 0.331 e. The summed E-state index contributed by atoms with van der Waals surface area (Å²) in [4.78, 5) is 11.9. The molecule has 1 aliphatic heterocycles. The predicted molar refractivity (Wildman–Crippen MR) is 59.0 cm³/mol. The molecular formula is C12H17NO3. The van der Waals surface area contributed by atoms with E-state index in [1.54, 1.807) is 6.26 Å². The fraction of sp³-hybridized carbons (Fsp3) is 0.583. The highest BCUT2D eigenvalue weighted by molar-refractivity contribution is 5.78. The van der Waals surface area contributed by atoms with Gasteiger partial charge in [-0.2, -0.15) is 0 Å². The van der Waals surface area contributed by atoms with E-state index >= 15 is 0 Å². The SMILES string of the molecule is CC(C)(C)OC(=O)C1NCCc2ccoc21. The third-order valence-corrected chi connectivity index (χ3v) is 2.43. The molecule has 0 fully saturated rings. The van der Waals surface area contributed by atoms with Crippen LogP contribution in [0.5, 0.6) is 0 Å². The largest absolute Gasteiger partial charge is 0.467 e. The van der Waals surface area contributed by atoms with Crippen molar-refractivity contribution >= 4 is 5.97 Å². The molecule has 0 saturated carbocycles. The van der Waals surface area contributed by atoms with Crippen LogP contribution in [0.1, 0.15) is 38.1 Å². The van der Waals surface area contributed by atoms with E-state index in [0.29, 0.717) is 5.76 Å². The van der Waals surface area contributed by atoms with Crippen LogP contribution in [0.4, 0.5) is 0 Å². The number of nitrogens with one attached hydrogen (secondary N) is 1. The second kappa shape index (κ2) is 3.94. The summed E-state index contributed by atoms with van der Waals surface area (Å²) in [5.41, 5.74) is 0.623. The molecule has 2 rings (SSSR count). The standard InChI is InChI=1S/C12H17NO3/c1-12(2,3)16-11(14)9-10-8(4-6-13-9)5-7-15-10/h5,7,9,13H,4,6H2,1-3H3. The quantitative estimate of drug-likeness (QED) is 0.738. The Morgan fingerprint density at radius 1 is 1.56 bits per heavy atom. The molecular weight excluding hydrogens is 206 g/mol. The lowest BCUT2D eigenvalue weighted by Crippen LogP contribution is -2.38. The van der Waals surface area contributed by atoms with Gasteiger partial charge in [0.1, 0.15) is 11.4 Å². The predicted octanol–water partition coefficient (Wildman–Crippen LogP) is 1.81. The number of hydrogen-bond donors (Lipinski definition) is 1. The highest BCUT2D eigenvalue weighted by Crippen LogP contribution is 2.26. The third-order valence-electron chi connectivity index (χ3n) is 2.43. The molecule has 0 radical (unpaired) electrons. The van der Waals surface area contributed by atoms with Crippen LogP contribution < -0.4 is 5.32 Å². The Bertz CT molecular complexity index is 389. The molecule has 1 N–H and O–H groups in total. The van der Waals surface area contributed by atoms with Gasteiger partial charge in [-0.25, -0.2) is 4.79 Å². The third kappa shape index (κ3) is 2.27. The smallest absolute Gasteiger partial charge is 0.331 e. The van der Waals surface area contributed by atoms with E-state index in [2.05, 4.69) is 5.32 Å². The van der Waals surface area contributed by atoms with Gasteiger partial charge in [0.15, 0.2) is 6.04 Å². The number of esters is 1. The van der Waals surface area contributed by atoms with E-state index in [0.717, 1.165) is 18.5 Å². The number of carbonyl (C=O) groups is 1. The van der Waals surface area contributed by atoms with Crippen LogP contribution in [0.25, 0.3) is 0 Å². The van der Waals surface area contributed by atoms with Crippen molar-refractivity contribution in [1.29, 1.82) is 0 Å². The summed E-state index contributed by atoms with van der Waals surface area (Å²) in [6.45, 7) is 6.35. The molecule has 1 unspecified atom stereocenters. The molecule has 0 saturated heterocycles. The Kier molecular flexibility index (Phi) is 2.76. The summed E-state index contributed by atoms with van der Waals surface area (Å²) in [6, 6.07) is 1.45. The van der Waals surface area contributed by atoms with Crippen LogP contribution in [0.3, 0.4) is 0 Å². The van der Waals surface area contributed by atoms with Crippen molar-refractivity contribution in [2.45, 2.75) is 38.8 Å². The number of carbonyl (C=O) groups excluding carboxylic acids is 1. The first-order valence-electron chi connectivity index (χ1n) is 5.50. The zero-order valence-electron chi connectivity index (χ0n) is 9.87. The van der Waals surface area contributed by atoms with Crippen molar-refractivity contribution < 1.29 is 13.9 Å². The topological polar surface area (TPSA) is 51.5 Å². The Labute approximate surface area is 95.0 Å². The van der Waals surface area contributed by atoms with Gasteiger partial charge in [0, 0.05) is 6.54 Å². The molecule has 4 heteroatoms. The zero-order chi connectivity index (χ0) is 11.8. The van der Waals surface area contributed by atoms with Crippen molar-refractivity contribution in [3.63, 3.8) is 0 Å². The molecule has 1 aromatic rings. The Hall–Kier alpha value is -1.29. The molecule has 1 aromatic heterocycles. The van der Waals surface area contributed by atoms with Gasteiger partial charge in [-0.15, -0.1) is 0 Å². The first-order chi connectivity index (χ1) is 7.47. The molecule has 1 atom stereocenters. The second-order valence-electron chi connectivity index (χ2n) is 4.98. The van der Waals surface area contributed by atoms with Crippen LogP contribution >= 0.6 is 0 Å². The molecule has 4 nitrogen and oxygen atoms in total. The van der Waals surface area contributed by atoms with Crippen molar-refractivity contribution in [2.75, 3.05) is 6.54 Å². The minimum absolute atomic E-state index is 0.275. The average molecular weight is 223 g/mol. The second-order valence-corrected chi connectivity index (χ2v) is 4.98. The van der Waals surface area contributed by atoms with E-state index in [4.69, 9.17) is 9.15 Å². The van der Waals surface area contributed by atoms with Gasteiger partial charge in [-0.1, -0.05) is 0 Å². The molecule has 0 aromatic carbocycles. The van der Waals surface area contributed by atoms with Crippen molar-refractivity contribution in [2.24, 2.45) is 0 Å². The molecule has 0 spiro atoms. The monoisotopic (exact) mass is 223 g/mol. The molecule has 0 amide bonds. The minimum atomic E-state index is -0.469. The Morgan fingerprint density at radius 2 is 2.31 bits per heavy atom. The number of fused-ring (bicyclic) bond motifs is 1. The lowest BCUT2D eigenvalue weighted by Gasteiger charge is -2.26. The molecule has 2 heterocycles. The zero-order valence-corrected chi connectivity index (χ0v) is 9.87. The van der Waals surface area contributed by atoms with Crippen LogP contribution in [-0.2, 0) is 16.0 Å². The van der Waals surface area contributed by atoms with E-state index in [1.807, 2.05) is 26.8 Å². The van der Waals surface area contributed by atoms with E-state index < -0.39 is 11.6 Å². The van der Waals surface area contributed by atoms with Crippen LogP contribution in [0.2, 0.25) is 0 Å². The van der Waals surface area contributed by atoms with Gasteiger partial charge in [0.05, 0.1) is 6.26 Å². The van der Waals surface area contributed by atoms with E-state index in [9.17, 15) is 4.79 Å². The maximum atomic E-state index is 11.9. The average Bonchev–Trinajstić information content (AvgIpc) is 2.61. The lowest BCUT2D eigenvalue weighted by atomic mass is 10.0. The minimum Gasteiger partial charge on any atom is -0.467 e. The van der Waals surface area contributed by atoms with Crippen LogP contribution in [0, 0.1) is 0 Å². The first kappa shape index (κ1) is 11.2. The molecule has 0 aliphatic carbocycles. The van der Waals surface area contributed by atoms with Crippen molar-refractivity contribution in [3.8, 4) is 0 Å². The molecule has 1 aliphatic rings. The fourth-order valence-electron chi connectivity index (χ4n) is 1.80.